The monoisotopic (exact) mass is 519 g/mol. The molecule has 36 heavy (non-hydrogen) atoms. The highest BCUT2D eigenvalue weighted by atomic mass is 32.2. The number of ether oxygens (including phenoxy) is 1. The van der Waals surface area contributed by atoms with E-state index >= 15 is 4.39 Å². The number of nitrogens with one attached hydrogen (secondary N) is 1. The third-order valence-corrected chi connectivity index (χ3v) is 8.41. The molecule has 3 aliphatic rings. The molecule has 1 N–H and O–H groups in total. The molecule has 190 valence electrons. The fraction of sp³-hybridized carbons (Fsp3) is 0.440. The number of alkyl halides is 1. The van der Waals surface area contributed by atoms with E-state index in [1.165, 1.54) is 35.2 Å². The quantitative estimate of drug-likeness (QED) is 0.606. The molecular weight excluding hydrogens is 495 g/mol. The van der Waals surface area contributed by atoms with Crippen LogP contribution < -0.4 is 4.72 Å². The average Bonchev–Trinajstić information content (AvgIpc) is 3.55. The van der Waals surface area contributed by atoms with Gasteiger partial charge in [-0.15, -0.1) is 0 Å². The van der Waals surface area contributed by atoms with Gasteiger partial charge in [-0.05, 0) is 42.5 Å². The SMILES string of the molecule is N#C[C@@]1(C(=O)N2CC3(CC3)[C@H](NS(=O)(=O)CF)[C@@H]2Cc2cccc(-c3cccc(F)c3)c2F)CCO1. The molecule has 1 saturated carbocycles. The minimum absolute atomic E-state index is 0.0938. The van der Waals surface area contributed by atoms with Crippen LogP contribution in [0.1, 0.15) is 24.8 Å². The Labute approximate surface area is 206 Å². The minimum atomic E-state index is -4.29. The van der Waals surface area contributed by atoms with Gasteiger partial charge in [0.05, 0.1) is 12.6 Å². The summed E-state index contributed by atoms with van der Waals surface area (Å²) in [5.74, 6) is -1.76. The van der Waals surface area contributed by atoms with Crippen molar-refractivity contribution in [1.29, 1.82) is 5.26 Å². The lowest BCUT2D eigenvalue weighted by Gasteiger charge is -2.39. The molecule has 1 aliphatic carbocycles. The number of sulfonamides is 1. The Hall–Kier alpha value is -2.94. The number of nitrogens with zero attached hydrogens (tertiary/aromatic N) is 2. The summed E-state index contributed by atoms with van der Waals surface area (Å²) in [7, 11) is -4.29. The first-order valence-corrected chi connectivity index (χ1v) is 13.2. The lowest BCUT2D eigenvalue weighted by atomic mass is 9.90. The van der Waals surface area contributed by atoms with Crippen LogP contribution in [0.4, 0.5) is 13.2 Å². The number of amides is 1. The van der Waals surface area contributed by atoms with Crippen LogP contribution in [0, 0.1) is 28.4 Å². The van der Waals surface area contributed by atoms with Gasteiger partial charge in [0.25, 0.3) is 5.91 Å². The third kappa shape index (κ3) is 4.17. The van der Waals surface area contributed by atoms with Gasteiger partial charge >= 0.3 is 0 Å². The van der Waals surface area contributed by atoms with Gasteiger partial charge in [0.15, 0.2) is 0 Å². The summed E-state index contributed by atoms with van der Waals surface area (Å²) in [5.41, 5.74) is -1.62. The second-order valence-electron chi connectivity index (χ2n) is 9.71. The van der Waals surface area contributed by atoms with Crippen molar-refractivity contribution in [2.75, 3.05) is 19.2 Å². The van der Waals surface area contributed by atoms with Crippen molar-refractivity contribution < 1.29 is 31.1 Å². The topological polar surface area (TPSA) is 99.5 Å². The molecule has 7 nitrogen and oxygen atoms in total. The molecule has 0 unspecified atom stereocenters. The summed E-state index contributed by atoms with van der Waals surface area (Å²) in [6, 6.07) is 8.64. The van der Waals surface area contributed by atoms with Crippen molar-refractivity contribution >= 4 is 15.9 Å². The predicted octanol–water partition coefficient (Wildman–Crippen LogP) is 3.06. The Bertz CT molecular complexity index is 1350. The van der Waals surface area contributed by atoms with Crippen LogP contribution in [0.15, 0.2) is 42.5 Å². The maximum Gasteiger partial charge on any atom is 0.270 e. The number of halogens is 3. The molecule has 2 heterocycles. The maximum absolute atomic E-state index is 15.7. The Balaban J connectivity index is 1.54. The zero-order valence-corrected chi connectivity index (χ0v) is 20.0. The van der Waals surface area contributed by atoms with Crippen LogP contribution in [-0.2, 0) is 26.0 Å². The lowest BCUT2D eigenvalue weighted by Crippen LogP contribution is -2.59. The molecule has 2 aromatic rings. The first kappa shape index (κ1) is 24.7. The van der Waals surface area contributed by atoms with Crippen molar-refractivity contribution in [2.24, 2.45) is 5.41 Å². The van der Waals surface area contributed by atoms with Gasteiger partial charge < -0.3 is 9.64 Å². The highest BCUT2D eigenvalue weighted by molar-refractivity contribution is 7.89. The standard InChI is InChI=1S/C25H24F3N3O4S/c26-15-36(33,34)30-22-20(31(14-24(22)7-8-24)23(32)25(13-29)9-10-35-25)12-17-4-2-6-19(21(17)28)16-3-1-5-18(27)11-16/h1-6,11,20,22,30H,7-10,12,14-15H2/t20-,22+,25+/m0/s1. The van der Waals surface area contributed by atoms with Crippen LogP contribution in [0.5, 0.6) is 0 Å². The Kier molecular flexibility index (Phi) is 6.09. The summed E-state index contributed by atoms with van der Waals surface area (Å²) in [5, 5.41) is 9.63. The molecule has 1 spiro atoms. The number of hydrogen-bond acceptors (Lipinski definition) is 5. The van der Waals surface area contributed by atoms with E-state index in [-0.39, 0.29) is 37.1 Å². The first-order chi connectivity index (χ1) is 17.1. The highest BCUT2D eigenvalue weighted by Gasteiger charge is 2.64. The van der Waals surface area contributed by atoms with Gasteiger partial charge in [-0.3, -0.25) is 4.79 Å². The fourth-order valence-electron chi connectivity index (χ4n) is 5.34. The number of rotatable bonds is 7. The van der Waals surface area contributed by atoms with Crippen LogP contribution in [0.2, 0.25) is 0 Å². The molecular formula is C25H24F3N3O4S. The smallest absolute Gasteiger partial charge is 0.270 e. The van der Waals surface area contributed by atoms with Crippen LogP contribution in [0.25, 0.3) is 11.1 Å². The van der Waals surface area contributed by atoms with Crippen LogP contribution >= 0.6 is 0 Å². The lowest BCUT2D eigenvalue weighted by molar-refractivity contribution is -0.172. The van der Waals surface area contributed by atoms with Gasteiger partial charge in [-0.25, -0.2) is 26.3 Å². The first-order valence-electron chi connectivity index (χ1n) is 11.6. The van der Waals surface area contributed by atoms with E-state index in [4.69, 9.17) is 4.74 Å². The van der Waals surface area contributed by atoms with Gasteiger partial charge in [0.1, 0.15) is 17.7 Å². The summed E-state index contributed by atoms with van der Waals surface area (Å²) in [4.78, 5) is 14.9. The Morgan fingerprint density at radius 2 is 1.92 bits per heavy atom. The number of benzene rings is 2. The summed E-state index contributed by atoms with van der Waals surface area (Å²) in [6.07, 6.45) is 1.30. The normalized spacial score (nSPS) is 26.4. The van der Waals surface area contributed by atoms with E-state index in [1.807, 2.05) is 6.07 Å². The van der Waals surface area contributed by atoms with Crippen molar-refractivity contribution in [3.8, 4) is 17.2 Å². The zero-order chi connectivity index (χ0) is 25.7. The van der Waals surface area contributed by atoms with E-state index < -0.39 is 56.7 Å². The van der Waals surface area contributed by atoms with Crippen molar-refractivity contribution in [3.63, 3.8) is 0 Å². The minimum Gasteiger partial charge on any atom is -0.352 e. The molecule has 1 amide bonds. The highest BCUT2D eigenvalue weighted by Crippen LogP contribution is 2.56. The number of likely N-dealkylation sites (tertiary alicyclic amines) is 1. The van der Waals surface area contributed by atoms with Gasteiger partial charge in [-0.2, -0.15) is 5.26 Å². The molecule has 3 atom stereocenters. The van der Waals surface area contributed by atoms with E-state index in [9.17, 15) is 27.3 Å². The molecule has 0 aromatic heterocycles. The Morgan fingerprint density at radius 1 is 1.19 bits per heavy atom. The van der Waals surface area contributed by atoms with Crippen LogP contribution in [0.3, 0.4) is 0 Å². The van der Waals surface area contributed by atoms with Gasteiger partial charge in [0.2, 0.25) is 21.6 Å². The van der Waals surface area contributed by atoms with E-state index in [0.717, 1.165) is 0 Å². The van der Waals surface area contributed by atoms with Gasteiger partial charge in [0, 0.05) is 30.0 Å². The second kappa shape index (κ2) is 8.87. The predicted molar refractivity (Wildman–Crippen MR) is 123 cm³/mol. The number of carbonyl (C=O) groups is 1. The zero-order valence-electron chi connectivity index (χ0n) is 19.2. The molecule has 0 bridgehead atoms. The molecule has 3 fully saturated rings. The summed E-state index contributed by atoms with van der Waals surface area (Å²) >= 11 is 0. The summed E-state index contributed by atoms with van der Waals surface area (Å²) in [6.45, 7) is 0.388. The Morgan fingerprint density at radius 3 is 2.50 bits per heavy atom. The average molecular weight is 520 g/mol. The molecule has 2 saturated heterocycles. The van der Waals surface area contributed by atoms with E-state index in [1.54, 1.807) is 12.1 Å². The van der Waals surface area contributed by atoms with Crippen molar-refractivity contribution in [2.45, 2.75) is 43.4 Å². The van der Waals surface area contributed by atoms with E-state index in [2.05, 4.69) is 4.72 Å². The molecule has 2 aromatic carbocycles. The van der Waals surface area contributed by atoms with Crippen molar-refractivity contribution in [3.05, 3.63) is 59.7 Å². The molecule has 0 radical (unpaired) electrons. The number of hydrogen-bond donors (Lipinski definition) is 1. The summed E-state index contributed by atoms with van der Waals surface area (Å²) < 4.78 is 74.9. The second-order valence-corrected chi connectivity index (χ2v) is 11.4. The fourth-order valence-corrected chi connectivity index (χ4v) is 6.19. The molecule has 2 aliphatic heterocycles. The largest absolute Gasteiger partial charge is 0.352 e. The van der Waals surface area contributed by atoms with Gasteiger partial charge in [-0.1, -0.05) is 30.3 Å². The number of nitriles is 1. The molecule has 5 rings (SSSR count). The van der Waals surface area contributed by atoms with Crippen LogP contribution in [-0.4, -0.2) is 56.1 Å². The maximum atomic E-state index is 15.7. The number of carbonyl (C=O) groups excluding carboxylic acids is 1. The van der Waals surface area contributed by atoms with E-state index in [0.29, 0.717) is 18.4 Å². The van der Waals surface area contributed by atoms with Crippen molar-refractivity contribution in [1.82, 2.24) is 9.62 Å². The molecule has 11 heteroatoms. The third-order valence-electron chi connectivity index (χ3n) is 7.51.